The predicted octanol–water partition coefficient (Wildman–Crippen LogP) is 7.32. The second-order valence-corrected chi connectivity index (χ2v) is 14.0. The van der Waals surface area contributed by atoms with Crippen molar-refractivity contribution in [1.82, 2.24) is 29.9 Å². The van der Waals surface area contributed by atoms with Crippen LogP contribution in [-0.4, -0.2) is 71.5 Å². The zero-order valence-corrected chi connectivity index (χ0v) is 33.9. The van der Waals surface area contributed by atoms with Crippen molar-refractivity contribution in [2.24, 2.45) is 0 Å². The van der Waals surface area contributed by atoms with Crippen LogP contribution in [-0.2, 0) is 13.2 Å². The van der Waals surface area contributed by atoms with Crippen molar-refractivity contribution in [3.8, 4) is 46.2 Å². The van der Waals surface area contributed by atoms with Gasteiger partial charge in [-0.15, -0.1) is 0 Å². The summed E-state index contributed by atoms with van der Waals surface area (Å²) >= 11 is 17.8. The molecule has 12 nitrogen and oxygen atoms in total. The summed E-state index contributed by atoms with van der Waals surface area (Å²) in [5.41, 5.74) is 6.38. The van der Waals surface area contributed by atoms with Crippen molar-refractivity contribution >= 4 is 47.4 Å². The number of benzene rings is 4. The quantitative estimate of drug-likeness (QED) is 0.102. The van der Waals surface area contributed by atoms with E-state index in [0.717, 1.165) is 16.7 Å². The fraction of sp³-hybridized carbons (Fsp3) is 0.250. The average molecular weight is 820 g/mol. The molecule has 16 heteroatoms. The van der Waals surface area contributed by atoms with Gasteiger partial charge in [-0.2, -0.15) is 24.9 Å². The van der Waals surface area contributed by atoms with Gasteiger partial charge in [-0.25, -0.2) is 4.98 Å². The molecular weight excluding hydrogens is 778 g/mol. The van der Waals surface area contributed by atoms with Crippen molar-refractivity contribution < 1.29 is 29.7 Å². The van der Waals surface area contributed by atoms with Gasteiger partial charge in [0.15, 0.2) is 17.5 Å². The molecule has 2 aromatic heterocycles. The van der Waals surface area contributed by atoms with Crippen LogP contribution in [0, 0.1) is 0 Å². The topological polar surface area (TPSA) is 177 Å². The number of hydrogen-bond donors (Lipinski definition) is 4. The number of nitrogens with zero attached hydrogens (tertiary/aromatic N) is 6. The summed E-state index contributed by atoms with van der Waals surface area (Å²) in [7, 11) is 1.42. The van der Waals surface area contributed by atoms with Crippen LogP contribution in [0.25, 0.3) is 34.2 Å². The van der Waals surface area contributed by atoms with Gasteiger partial charge < -0.3 is 29.7 Å². The Morgan fingerprint density at radius 3 is 1.55 bits per heavy atom. The lowest BCUT2D eigenvalue weighted by Gasteiger charge is -2.10. The maximum absolute atomic E-state index is 9.39. The summed E-state index contributed by atoms with van der Waals surface area (Å²) in [5, 5.41) is 36.7. The van der Waals surface area contributed by atoms with Gasteiger partial charge in [0.05, 0.1) is 32.5 Å². The van der Waals surface area contributed by atoms with Crippen molar-refractivity contribution in [2.45, 2.75) is 52.7 Å². The normalized spacial score (nSPS) is 10.7. The van der Waals surface area contributed by atoms with E-state index in [2.05, 4.69) is 81.9 Å². The first-order chi connectivity index (χ1) is 26.8. The van der Waals surface area contributed by atoms with Gasteiger partial charge in [0.1, 0.15) is 0 Å². The highest BCUT2D eigenvalue weighted by molar-refractivity contribution is 6.62. The van der Waals surface area contributed by atoms with Gasteiger partial charge in [0.25, 0.3) is 0 Å². The van der Waals surface area contributed by atoms with Crippen LogP contribution in [0.5, 0.6) is 12.0 Å². The Hall–Kier alpha value is -4.73. The molecule has 0 aliphatic rings. The van der Waals surface area contributed by atoms with Crippen molar-refractivity contribution in [1.29, 1.82) is 0 Å². The third-order valence-corrected chi connectivity index (χ3v) is 9.01. The molecule has 0 spiro atoms. The molecule has 0 atom stereocenters. The summed E-state index contributed by atoms with van der Waals surface area (Å²) < 4.78 is 10.2. The Bertz CT molecular complexity index is 2230. The number of rotatable bonds is 10. The highest BCUT2D eigenvalue weighted by Gasteiger charge is 2.16. The predicted molar refractivity (Wildman–Crippen MR) is 220 cm³/mol. The van der Waals surface area contributed by atoms with Crippen molar-refractivity contribution in [3.05, 3.63) is 123 Å². The van der Waals surface area contributed by atoms with E-state index >= 15 is 0 Å². The van der Waals surface area contributed by atoms with Crippen molar-refractivity contribution in [3.63, 3.8) is 0 Å². The second kappa shape index (κ2) is 21.0. The third-order valence-electron chi connectivity index (χ3n) is 8.17. The zero-order chi connectivity index (χ0) is 40.9. The molecule has 4 N–H and O–H groups in total. The zero-order valence-electron chi connectivity index (χ0n) is 31.7. The number of hydrogen-bond acceptors (Lipinski definition) is 12. The first kappa shape index (κ1) is 44.0. The fourth-order valence-corrected chi connectivity index (χ4v) is 5.62. The average Bonchev–Trinajstić information content (AvgIpc) is 3.21. The van der Waals surface area contributed by atoms with E-state index < -0.39 is 7.12 Å². The van der Waals surface area contributed by atoms with Crippen LogP contribution in [0.4, 0.5) is 0 Å². The summed E-state index contributed by atoms with van der Waals surface area (Å²) in [6.45, 7) is 8.32. The lowest BCUT2D eigenvalue weighted by Crippen LogP contribution is -2.31. The first-order valence-corrected chi connectivity index (χ1v) is 18.5. The van der Waals surface area contributed by atoms with E-state index in [-0.39, 0.29) is 41.0 Å². The molecule has 4 aromatic carbocycles. The number of halogens is 3. The Morgan fingerprint density at radius 2 is 1.05 bits per heavy atom. The van der Waals surface area contributed by atoms with Gasteiger partial charge in [0.2, 0.25) is 5.28 Å². The molecular formula is C40H42BCl3N6O6. The van der Waals surface area contributed by atoms with Crippen LogP contribution in [0.15, 0.2) is 84.9 Å². The Kier molecular flexibility index (Phi) is 16.5. The molecule has 0 aliphatic heterocycles. The SMILES string of the molecule is COc1nc(-c2cccc(C(C)C)c2)nc(-c2cc(CO)ccc2Cl)n1.COc1nc(Cl)nc(-c2cccc(C(C)C)c2)n1.OCc1ccc(Cl)c(B(O)O)c1. The Morgan fingerprint density at radius 1 is 0.571 bits per heavy atom. The van der Waals surface area contributed by atoms with Crippen LogP contribution in [0.2, 0.25) is 15.3 Å². The van der Waals surface area contributed by atoms with Crippen LogP contribution < -0.4 is 14.9 Å². The molecule has 0 unspecified atom stereocenters. The number of aromatic nitrogens is 6. The molecule has 0 fully saturated rings. The Balaban J connectivity index is 0.000000201. The molecule has 6 rings (SSSR count). The van der Waals surface area contributed by atoms with E-state index in [4.69, 9.17) is 59.4 Å². The standard InChI is InChI=1S/C20H20ClN3O2.C13H14ClN3O.C7H8BClO3/c1-12(2)14-5-4-6-15(10-14)18-22-19(24-20(23-18)26-3)16-9-13(11-25)7-8-17(16)21;1-8(2)9-5-4-6-10(7-9)11-15-12(14)17-13(16-11)18-3;9-7-2-1-5(4-10)3-6(7)8(11)12/h4-10,12,25H,11H2,1-3H3;4-8H,1-3H3;1-3,10-12H,4H2. The minimum absolute atomic E-state index is 0.0876. The Labute approximate surface area is 341 Å². The van der Waals surface area contributed by atoms with Gasteiger partial charge >= 0.3 is 19.1 Å². The van der Waals surface area contributed by atoms with Gasteiger partial charge in [0, 0.05) is 27.2 Å². The molecule has 0 radical (unpaired) electrons. The number of aliphatic hydroxyl groups is 2. The minimum Gasteiger partial charge on any atom is -0.467 e. The molecule has 0 saturated heterocycles. The van der Waals surface area contributed by atoms with Crippen molar-refractivity contribution in [2.75, 3.05) is 14.2 Å². The second-order valence-electron chi connectivity index (χ2n) is 12.8. The number of methoxy groups -OCH3 is 2. The van der Waals surface area contributed by atoms with Gasteiger partial charge in [-0.05, 0) is 76.0 Å². The number of aliphatic hydroxyl groups excluding tert-OH is 2. The molecule has 0 aliphatic carbocycles. The van der Waals surface area contributed by atoms with Gasteiger partial charge in [-0.3, -0.25) is 0 Å². The van der Waals surface area contributed by atoms with E-state index in [1.54, 1.807) is 24.3 Å². The summed E-state index contributed by atoms with van der Waals surface area (Å²) in [6, 6.07) is 26.4. The van der Waals surface area contributed by atoms with Crippen LogP contribution >= 0.6 is 34.8 Å². The van der Waals surface area contributed by atoms with Crippen LogP contribution in [0.3, 0.4) is 0 Å². The highest BCUT2D eigenvalue weighted by atomic mass is 35.5. The van der Waals surface area contributed by atoms with Crippen LogP contribution in [0.1, 0.15) is 61.8 Å². The molecule has 0 saturated carbocycles. The fourth-order valence-electron chi connectivity index (χ4n) is 5.05. The van der Waals surface area contributed by atoms with E-state index in [1.165, 1.54) is 37.5 Å². The van der Waals surface area contributed by atoms with Gasteiger partial charge in [-0.1, -0.05) is 105 Å². The first-order valence-electron chi connectivity index (χ1n) is 17.4. The summed E-state index contributed by atoms with van der Waals surface area (Å²) in [4.78, 5) is 25.5. The molecule has 56 heavy (non-hydrogen) atoms. The maximum Gasteiger partial charge on any atom is 0.489 e. The van der Waals surface area contributed by atoms with E-state index in [9.17, 15) is 5.11 Å². The number of ether oxygens (including phenoxy) is 2. The molecule has 0 bridgehead atoms. The van der Waals surface area contributed by atoms with E-state index in [0.29, 0.717) is 45.5 Å². The molecule has 292 valence electrons. The van der Waals surface area contributed by atoms with E-state index in [1.807, 2.05) is 24.3 Å². The minimum atomic E-state index is -1.59. The molecule has 2 heterocycles. The third kappa shape index (κ3) is 12.1. The highest BCUT2D eigenvalue weighted by Crippen LogP contribution is 2.30. The monoisotopic (exact) mass is 818 g/mol. The largest absolute Gasteiger partial charge is 0.489 e. The summed E-state index contributed by atoms with van der Waals surface area (Å²) in [6.07, 6.45) is 0. The lowest BCUT2D eigenvalue weighted by atomic mass is 9.79. The maximum atomic E-state index is 9.39. The molecule has 6 aromatic rings. The lowest BCUT2D eigenvalue weighted by molar-refractivity contribution is 0.281. The summed E-state index contributed by atoms with van der Waals surface area (Å²) in [5.74, 6) is 2.29. The molecule has 0 amide bonds. The smallest absolute Gasteiger partial charge is 0.467 e.